The number of rotatable bonds is 5. The first kappa shape index (κ1) is 19.6. The van der Waals surface area contributed by atoms with E-state index in [2.05, 4.69) is 10.1 Å². The molecule has 2 aromatic rings. The molecule has 0 aromatic carbocycles. The summed E-state index contributed by atoms with van der Waals surface area (Å²) in [6.07, 6.45) is 10.1. The van der Waals surface area contributed by atoms with E-state index in [4.69, 9.17) is 0 Å². The molecule has 7 nitrogen and oxygen atoms in total. The van der Waals surface area contributed by atoms with Gasteiger partial charge in [0.05, 0.1) is 11.8 Å². The Morgan fingerprint density at radius 2 is 2.03 bits per heavy atom. The molecule has 2 fully saturated rings. The van der Waals surface area contributed by atoms with Gasteiger partial charge in [-0.25, -0.2) is 0 Å². The van der Waals surface area contributed by atoms with Crippen molar-refractivity contribution in [1.82, 2.24) is 24.6 Å². The molecule has 154 valence electrons. The van der Waals surface area contributed by atoms with Crippen molar-refractivity contribution in [3.05, 3.63) is 47.5 Å². The third kappa shape index (κ3) is 4.04. The first-order valence-electron chi connectivity index (χ1n) is 10.5. The molecule has 2 amide bonds. The van der Waals surface area contributed by atoms with Crippen LogP contribution >= 0.6 is 0 Å². The summed E-state index contributed by atoms with van der Waals surface area (Å²) in [7, 11) is 1.85. The van der Waals surface area contributed by atoms with Crippen LogP contribution < -0.4 is 0 Å². The van der Waals surface area contributed by atoms with Crippen LogP contribution in [-0.2, 0) is 18.4 Å². The Bertz CT molecular complexity index is 875. The van der Waals surface area contributed by atoms with E-state index in [9.17, 15) is 9.59 Å². The van der Waals surface area contributed by atoms with E-state index in [1.807, 2.05) is 42.1 Å². The maximum atomic E-state index is 13.2. The maximum Gasteiger partial charge on any atom is 0.257 e. The van der Waals surface area contributed by atoms with Crippen molar-refractivity contribution in [3.63, 3.8) is 0 Å². The van der Waals surface area contributed by atoms with E-state index in [1.165, 1.54) is 0 Å². The van der Waals surface area contributed by atoms with Crippen molar-refractivity contribution < 1.29 is 9.59 Å². The van der Waals surface area contributed by atoms with Crippen LogP contribution in [0.15, 0.2) is 30.7 Å². The molecule has 4 rings (SSSR count). The fraction of sp³-hybridized carbons (Fsp3) is 0.545. The molecule has 29 heavy (non-hydrogen) atoms. The molecule has 1 saturated heterocycles. The Kier molecular flexibility index (Phi) is 5.65. The topological polar surface area (TPSA) is 71.3 Å². The quantitative estimate of drug-likeness (QED) is 0.780. The second-order valence-electron chi connectivity index (χ2n) is 8.27. The predicted octanol–water partition coefficient (Wildman–Crippen LogP) is 2.56. The molecule has 0 N–H and O–H groups in total. The summed E-state index contributed by atoms with van der Waals surface area (Å²) in [4.78, 5) is 34.4. The molecular formula is C22H29N5O2. The summed E-state index contributed by atoms with van der Waals surface area (Å²) in [5.41, 5.74) is 2.55. The fourth-order valence-electron chi connectivity index (χ4n) is 4.24. The number of hydrogen-bond acceptors (Lipinski definition) is 4. The zero-order valence-corrected chi connectivity index (χ0v) is 17.3. The average molecular weight is 396 g/mol. The molecule has 1 aliphatic heterocycles. The number of nitrogens with zero attached hydrogens (tertiary/aromatic N) is 5. The van der Waals surface area contributed by atoms with E-state index < -0.39 is 0 Å². The van der Waals surface area contributed by atoms with Gasteiger partial charge in [-0.1, -0.05) is 12.5 Å². The standard InChI is InChI=1S/C22H29N5O2/c1-16-20(13-24-25(16)2)22(29)26-11-5-9-19(15-26)27(21(28)18-7-3-8-18)14-17-6-4-10-23-12-17/h4,6,10,12-13,18-19H,3,5,7-9,11,14-15H2,1-2H3. The fourth-order valence-corrected chi connectivity index (χ4v) is 4.24. The highest BCUT2D eigenvalue weighted by molar-refractivity contribution is 5.95. The zero-order valence-electron chi connectivity index (χ0n) is 17.3. The maximum absolute atomic E-state index is 13.2. The second-order valence-corrected chi connectivity index (χ2v) is 8.27. The SMILES string of the molecule is Cc1c(C(=O)N2CCCC(N(Cc3cccnc3)C(=O)C3CCC3)C2)cnn1C. The van der Waals surface area contributed by atoms with E-state index in [0.29, 0.717) is 18.7 Å². The Morgan fingerprint density at radius 1 is 1.21 bits per heavy atom. The largest absolute Gasteiger partial charge is 0.336 e. The van der Waals surface area contributed by atoms with E-state index in [0.717, 1.165) is 49.9 Å². The smallest absolute Gasteiger partial charge is 0.257 e. The highest BCUT2D eigenvalue weighted by Crippen LogP contribution is 2.31. The number of pyridine rings is 1. The van der Waals surface area contributed by atoms with Crippen molar-refractivity contribution in [3.8, 4) is 0 Å². The summed E-state index contributed by atoms with van der Waals surface area (Å²) in [5, 5.41) is 4.21. The lowest BCUT2D eigenvalue weighted by Gasteiger charge is -2.42. The molecular weight excluding hydrogens is 366 g/mol. The summed E-state index contributed by atoms with van der Waals surface area (Å²) >= 11 is 0. The number of amides is 2. The Balaban J connectivity index is 1.53. The minimum atomic E-state index is 0.0118. The Hall–Kier alpha value is -2.70. The van der Waals surface area contributed by atoms with Gasteiger partial charge in [-0.05, 0) is 44.2 Å². The molecule has 1 aliphatic carbocycles. The number of piperidine rings is 1. The van der Waals surface area contributed by atoms with Crippen LogP contribution in [0.3, 0.4) is 0 Å². The van der Waals surface area contributed by atoms with Crippen molar-refractivity contribution in [1.29, 1.82) is 0 Å². The first-order valence-corrected chi connectivity index (χ1v) is 10.5. The van der Waals surface area contributed by atoms with Gasteiger partial charge < -0.3 is 9.80 Å². The molecule has 3 heterocycles. The van der Waals surface area contributed by atoms with Crippen LogP contribution in [-0.4, -0.2) is 55.5 Å². The Morgan fingerprint density at radius 3 is 2.66 bits per heavy atom. The van der Waals surface area contributed by atoms with Gasteiger partial charge in [-0.3, -0.25) is 19.3 Å². The number of aromatic nitrogens is 3. The number of aryl methyl sites for hydroxylation is 1. The second kappa shape index (κ2) is 8.35. The molecule has 0 radical (unpaired) electrons. The van der Waals surface area contributed by atoms with Crippen LogP contribution in [0.2, 0.25) is 0 Å². The minimum Gasteiger partial charge on any atom is -0.336 e. The van der Waals surface area contributed by atoms with Crippen LogP contribution in [0, 0.1) is 12.8 Å². The molecule has 7 heteroatoms. The molecule has 1 saturated carbocycles. The van der Waals surface area contributed by atoms with Crippen molar-refractivity contribution >= 4 is 11.8 Å². The van der Waals surface area contributed by atoms with Gasteiger partial charge in [0, 0.05) is 56.7 Å². The summed E-state index contributed by atoms with van der Waals surface area (Å²) in [6.45, 7) is 3.77. The van der Waals surface area contributed by atoms with E-state index >= 15 is 0 Å². The zero-order chi connectivity index (χ0) is 20.4. The highest BCUT2D eigenvalue weighted by Gasteiger charge is 2.36. The number of carbonyl (C=O) groups excluding carboxylic acids is 2. The van der Waals surface area contributed by atoms with E-state index in [-0.39, 0.29) is 23.8 Å². The van der Waals surface area contributed by atoms with Crippen LogP contribution in [0.25, 0.3) is 0 Å². The number of hydrogen-bond donors (Lipinski definition) is 0. The van der Waals surface area contributed by atoms with Gasteiger partial charge in [0.25, 0.3) is 5.91 Å². The summed E-state index contributed by atoms with van der Waals surface area (Å²) in [6, 6.07) is 3.96. The van der Waals surface area contributed by atoms with Crippen LogP contribution in [0.1, 0.15) is 53.7 Å². The van der Waals surface area contributed by atoms with Gasteiger partial charge in [-0.2, -0.15) is 5.10 Å². The Labute approximate surface area is 171 Å². The van der Waals surface area contributed by atoms with Crippen molar-refractivity contribution in [2.75, 3.05) is 13.1 Å². The van der Waals surface area contributed by atoms with Gasteiger partial charge in [-0.15, -0.1) is 0 Å². The molecule has 0 spiro atoms. The molecule has 1 unspecified atom stereocenters. The molecule has 0 bridgehead atoms. The minimum absolute atomic E-state index is 0.0118. The van der Waals surface area contributed by atoms with Gasteiger partial charge in [0.2, 0.25) is 5.91 Å². The monoisotopic (exact) mass is 395 g/mol. The van der Waals surface area contributed by atoms with Gasteiger partial charge in [0.1, 0.15) is 0 Å². The van der Waals surface area contributed by atoms with E-state index in [1.54, 1.807) is 17.1 Å². The lowest BCUT2D eigenvalue weighted by molar-refractivity contribution is -0.142. The number of likely N-dealkylation sites (tertiary alicyclic amines) is 1. The summed E-state index contributed by atoms with van der Waals surface area (Å²) in [5.74, 6) is 0.382. The van der Waals surface area contributed by atoms with Gasteiger partial charge in [0.15, 0.2) is 0 Å². The lowest BCUT2D eigenvalue weighted by Crippen LogP contribution is -2.53. The lowest BCUT2D eigenvalue weighted by atomic mass is 9.83. The molecule has 2 aromatic heterocycles. The summed E-state index contributed by atoms with van der Waals surface area (Å²) < 4.78 is 1.73. The van der Waals surface area contributed by atoms with Gasteiger partial charge >= 0.3 is 0 Å². The molecule has 1 atom stereocenters. The van der Waals surface area contributed by atoms with Crippen molar-refractivity contribution in [2.24, 2.45) is 13.0 Å². The number of carbonyl (C=O) groups is 2. The van der Waals surface area contributed by atoms with Crippen LogP contribution in [0.5, 0.6) is 0 Å². The average Bonchev–Trinajstić information content (AvgIpc) is 3.03. The normalized spacial score (nSPS) is 19.7. The third-order valence-corrected chi connectivity index (χ3v) is 6.40. The van der Waals surface area contributed by atoms with Crippen LogP contribution in [0.4, 0.5) is 0 Å². The first-order chi connectivity index (χ1) is 14.0. The highest BCUT2D eigenvalue weighted by atomic mass is 16.2. The van der Waals surface area contributed by atoms with Crippen molar-refractivity contribution in [2.45, 2.75) is 51.6 Å². The third-order valence-electron chi connectivity index (χ3n) is 6.40. The predicted molar refractivity (Wildman–Crippen MR) is 109 cm³/mol. The molecule has 2 aliphatic rings.